The van der Waals surface area contributed by atoms with E-state index in [4.69, 9.17) is 13.9 Å². The minimum Gasteiger partial charge on any atom is -0.491 e. The van der Waals surface area contributed by atoms with E-state index in [9.17, 15) is 84.5 Å². The van der Waals surface area contributed by atoms with Crippen LogP contribution in [-0.2, 0) is 14.0 Å². The van der Waals surface area contributed by atoms with Crippen LogP contribution in [-0.4, -0.2) is 86.8 Å². The van der Waals surface area contributed by atoms with E-state index in [1.165, 1.54) is 70.2 Å². The van der Waals surface area contributed by atoms with Gasteiger partial charge in [-0.05, 0) is 47.7 Å². The lowest BCUT2D eigenvalue weighted by Gasteiger charge is -2.44. The molecule has 0 aliphatic carbocycles. The van der Waals surface area contributed by atoms with Crippen molar-refractivity contribution < 1.29 is 98.4 Å². The number of carbonyl (C=O) groups excluding carboxylic acids is 1. The summed E-state index contributed by atoms with van der Waals surface area (Å²) in [5.74, 6) is -57.1. The first kappa shape index (κ1) is 50.9. The zero-order chi connectivity index (χ0) is 44.0. The van der Waals surface area contributed by atoms with E-state index in [2.05, 4.69) is 6.58 Å². The number of aliphatic hydroxyl groups excluding tert-OH is 1. The minimum atomic E-state index is -8.68. The first-order valence-corrected chi connectivity index (χ1v) is 18.6. The van der Waals surface area contributed by atoms with Crippen molar-refractivity contribution in [2.45, 2.75) is 118 Å². The molecule has 56 heavy (non-hydrogen) atoms. The second-order valence-electron chi connectivity index (χ2n) is 13.1. The Balaban J connectivity index is 3.12. The van der Waals surface area contributed by atoms with Gasteiger partial charge in [-0.1, -0.05) is 58.6 Å². The molecule has 0 unspecified atom stereocenters. The fourth-order valence-corrected chi connectivity index (χ4v) is 9.79. The van der Waals surface area contributed by atoms with Crippen molar-refractivity contribution in [3.05, 3.63) is 54.6 Å². The Hall–Kier alpha value is -3.08. The second-order valence-corrected chi connectivity index (χ2v) is 18.1. The molecule has 0 saturated heterocycles. The lowest BCUT2D eigenvalue weighted by Crippen LogP contribution is -2.74. The van der Waals surface area contributed by atoms with E-state index in [0.29, 0.717) is 5.56 Å². The highest BCUT2D eigenvalue weighted by Gasteiger charge is 2.95. The monoisotopic (exact) mass is 866 g/mol. The molecule has 0 radical (unpaired) electrons. The fourth-order valence-electron chi connectivity index (χ4n) is 5.32. The van der Waals surface area contributed by atoms with E-state index in [0.717, 1.165) is 0 Å². The van der Waals surface area contributed by atoms with Gasteiger partial charge in [0.2, 0.25) is 0 Å². The molecule has 0 aromatic heterocycles. The van der Waals surface area contributed by atoms with Gasteiger partial charge in [0.1, 0.15) is 19.0 Å². The number of hydrogen-bond acceptors (Lipinski definition) is 5. The predicted molar refractivity (Wildman–Crippen MR) is 168 cm³/mol. The Labute approximate surface area is 311 Å². The molecule has 0 fully saturated rings. The Morgan fingerprint density at radius 3 is 1.64 bits per heavy atom. The normalized spacial score (nSPS) is 15.1. The molecule has 0 aliphatic rings. The number of rotatable bonds is 23. The molecule has 0 amide bonds. The molecule has 1 aromatic rings. The SMILES string of the molecule is C=CCOC(=O)/C=C/CC[C@@H](O)c1ccc(OCCO[Si](CCC(F)(F)C(F)(F)C(F)(F)C(F)(F)C(F)(F)C(F)(F)C(F)(F)C(F)(F)F)(C(C)C)C(C)C)cc1. The number of carbonyl (C=O) groups is 1. The van der Waals surface area contributed by atoms with E-state index >= 15 is 0 Å². The molecule has 1 aromatic carbocycles. The first-order valence-electron chi connectivity index (χ1n) is 16.4. The Kier molecular flexibility index (Phi) is 16.6. The lowest BCUT2D eigenvalue weighted by molar-refractivity contribution is -0.461. The zero-order valence-corrected chi connectivity index (χ0v) is 30.9. The maximum absolute atomic E-state index is 14.8. The number of allylic oxidation sites excluding steroid dienone is 1. The van der Waals surface area contributed by atoms with Gasteiger partial charge in [-0.15, -0.1) is 0 Å². The third kappa shape index (κ3) is 10.1. The topological polar surface area (TPSA) is 65.0 Å². The van der Waals surface area contributed by atoms with Gasteiger partial charge in [-0.2, -0.15) is 74.6 Å². The maximum Gasteiger partial charge on any atom is 0.460 e. The number of benzene rings is 1. The summed E-state index contributed by atoms with van der Waals surface area (Å²) < 4.78 is 250. The summed E-state index contributed by atoms with van der Waals surface area (Å²) in [5.41, 5.74) is -1.27. The van der Waals surface area contributed by atoms with Crippen molar-refractivity contribution in [1.82, 2.24) is 0 Å². The summed E-state index contributed by atoms with van der Waals surface area (Å²) in [6.07, 6.45) is -6.82. The quantitative estimate of drug-likeness (QED) is 0.0296. The van der Waals surface area contributed by atoms with Crippen molar-refractivity contribution >= 4 is 14.3 Å². The van der Waals surface area contributed by atoms with Gasteiger partial charge in [0.15, 0.2) is 8.32 Å². The summed E-state index contributed by atoms with van der Waals surface area (Å²) in [7, 11) is -3.94. The standard InChI is InChI=1S/C33H39F17O5Si/c1-6-16-54-25(52)10-8-7-9-24(51)22-11-13-23(14-12-22)53-17-18-55-56(20(2)3,21(4)5)19-15-26(34,35)27(36,37)28(38,39)29(40,41)30(42,43)31(44,45)32(46,47)33(48,49)50/h6,8,10-14,20-21,24,51H,1,7,9,15-19H2,2-5H3/b10-8+/t24-/m1/s1. The number of halogens is 17. The fraction of sp³-hybridized carbons (Fsp3) is 0.667. The van der Waals surface area contributed by atoms with Crippen molar-refractivity contribution in [1.29, 1.82) is 0 Å². The highest BCUT2D eigenvalue weighted by Crippen LogP contribution is 2.64. The van der Waals surface area contributed by atoms with Gasteiger partial charge in [-0.3, -0.25) is 0 Å². The molecule has 0 aliphatic heterocycles. The van der Waals surface area contributed by atoms with Crippen LogP contribution in [0, 0.1) is 0 Å². The highest BCUT2D eigenvalue weighted by molar-refractivity contribution is 6.76. The molecule has 324 valence electrons. The molecule has 5 nitrogen and oxygen atoms in total. The summed E-state index contributed by atoms with van der Waals surface area (Å²) in [6, 6.07) is 4.43. The van der Waals surface area contributed by atoms with E-state index in [1.54, 1.807) is 0 Å². The van der Waals surface area contributed by atoms with Crippen LogP contribution in [0.5, 0.6) is 5.75 Å². The summed E-state index contributed by atoms with van der Waals surface area (Å²) in [6.45, 7) is 7.85. The highest BCUT2D eigenvalue weighted by atomic mass is 28.4. The number of aliphatic hydroxyl groups is 1. The largest absolute Gasteiger partial charge is 0.491 e. The van der Waals surface area contributed by atoms with Crippen LogP contribution in [0.15, 0.2) is 49.1 Å². The molecule has 0 heterocycles. The zero-order valence-electron chi connectivity index (χ0n) is 29.9. The second kappa shape index (κ2) is 18.2. The number of alkyl halides is 17. The molecular weight excluding hydrogens is 827 g/mol. The van der Waals surface area contributed by atoms with E-state index in [-0.39, 0.29) is 31.8 Å². The summed E-state index contributed by atoms with van der Waals surface area (Å²) in [5, 5.41) is 10.4. The molecule has 23 heteroatoms. The number of ether oxygens (including phenoxy) is 2. The average Bonchev–Trinajstić information content (AvgIpc) is 3.07. The summed E-state index contributed by atoms with van der Waals surface area (Å²) in [4.78, 5) is 11.4. The van der Waals surface area contributed by atoms with Crippen molar-refractivity contribution in [2.24, 2.45) is 0 Å². The number of esters is 1. The van der Waals surface area contributed by atoms with Crippen LogP contribution in [0.3, 0.4) is 0 Å². The van der Waals surface area contributed by atoms with E-state index < -0.39 is 98.2 Å². The van der Waals surface area contributed by atoms with E-state index in [1.807, 2.05) is 0 Å². The Morgan fingerprint density at radius 2 is 1.20 bits per heavy atom. The smallest absolute Gasteiger partial charge is 0.460 e. The molecular formula is C33H39F17O5Si. The molecule has 0 spiro atoms. The molecule has 1 rings (SSSR count). The minimum absolute atomic E-state index is 0.0165. The molecule has 0 saturated carbocycles. The lowest BCUT2D eigenvalue weighted by atomic mass is 9.88. The first-order chi connectivity index (χ1) is 25.2. The van der Waals surface area contributed by atoms with Crippen LogP contribution >= 0.6 is 0 Å². The number of hydrogen-bond donors (Lipinski definition) is 1. The summed E-state index contributed by atoms with van der Waals surface area (Å²) >= 11 is 0. The molecule has 1 N–H and O–H groups in total. The van der Waals surface area contributed by atoms with Gasteiger partial charge in [0.05, 0.1) is 12.7 Å². The Morgan fingerprint density at radius 1 is 0.732 bits per heavy atom. The van der Waals surface area contributed by atoms with Crippen molar-refractivity contribution in [3.8, 4) is 5.75 Å². The van der Waals surface area contributed by atoms with Crippen molar-refractivity contribution in [2.75, 3.05) is 19.8 Å². The molecule has 0 bridgehead atoms. The van der Waals surface area contributed by atoms with Crippen LogP contribution in [0.25, 0.3) is 0 Å². The van der Waals surface area contributed by atoms with Gasteiger partial charge < -0.3 is 19.0 Å². The van der Waals surface area contributed by atoms with Gasteiger partial charge in [0, 0.05) is 12.5 Å². The van der Waals surface area contributed by atoms with Crippen LogP contribution in [0.1, 0.15) is 58.6 Å². The van der Waals surface area contributed by atoms with Crippen LogP contribution < -0.4 is 4.74 Å². The van der Waals surface area contributed by atoms with Crippen LogP contribution in [0.2, 0.25) is 17.1 Å². The maximum atomic E-state index is 14.8. The van der Waals surface area contributed by atoms with Crippen LogP contribution in [0.4, 0.5) is 74.6 Å². The third-order valence-corrected chi connectivity index (χ3v) is 14.4. The average molecular weight is 867 g/mol. The van der Waals surface area contributed by atoms with Gasteiger partial charge >= 0.3 is 53.6 Å². The third-order valence-electron chi connectivity index (χ3n) is 8.76. The van der Waals surface area contributed by atoms with Gasteiger partial charge in [-0.25, -0.2) is 4.79 Å². The van der Waals surface area contributed by atoms with Gasteiger partial charge in [0.25, 0.3) is 0 Å². The molecule has 1 atom stereocenters. The van der Waals surface area contributed by atoms with Crippen molar-refractivity contribution in [3.63, 3.8) is 0 Å². The Bertz CT molecular complexity index is 1450. The predicted octanol–water partition coefficient (Wildman–Crippen LogP) is 11.3.